The highest BCUT2D eigenvalue weighted by Gasteiger charge is 2.48. The summed E-state index contributed by atoms with van der Waals surface area (Å²) in [7, 11) is 0. The highest BCUT2D eigenvalue weighted by molar-refractivity contribution is 6.00. The monoisotopic (exact) mass is 420 g/mol. The number of hydrogen-bond donors (Lipinski definition) is 1. The van der Waals surface area contributed by atoms with Gasteiger partial charge in [-0.05, 0) is 56.2 Å². The lowest BCUT2D eigenvalue weighted by Crippen LogP contribution is -2.64. The summed E-state index contributed by atoms with van der Waals surface area (Å²) in [6, 6.07) is 12.8. The highest BCUT2D eigenvalue weighted by Crippen LogP contribution is 2.34. The maximum Gasteiger partial charge on any atom is 0.271 e. The molecule has 2 unspecified atom stereocenters. The molecule has 3 aromatic rings. The van der Waals surface area contributed by atoms with Gasteiger partial charge in [-0.15, -0.1) is 0 Å². The van der Waals surface area contributed by atoms with Gasteiger partial charge in [-0.25, -0.2) is 0 Å². The smallest absolute Gasteiger partial charge is 0.271 e. The molecule has 2 atom stereocenters. The number of amides is 2. The van der Waals surface area contributed by atoms with Gasteiger partial charge in [0.05, 0.1) is 30.7 Å². The SMILES string of the molecule is CC1(C(=O)NC2CCCO2)Cn2c(ccc2-c2ccco2)C(=O)N1Cc1ccccn1. The minimum Gasteiger partial charge on any atom is -0.463 e. The maximum atomic E-state index is 13.6. The predicted molar refractivity (Wildman–Crippen MR) is 112 cm³/mol. The van der Waals surface area contributed by atoms with E-state index in [1.165, 1.54) is 0 Å². The number of rotatable bonds is 5. The van der Waals surface area contributed by atoms with Gasteiger partial charge in [0.15, 0.2) is 0 Å². The zero-order valence-corrected chi connectivity index (χ0v) is 17.3. The molecule has 5 heterocycles. The van der Waals surface area contributed by atoms with Crippen molar-refractivity contribution in [3.8, 4) is 11.5 Å². The van der Waals surface area contributed by atoms with Gasteiger partial charge in [0, 0.05) is 12.8 Å². The Labute approximate surface area is 179 Å². The third-order valence-electron chi connectivity index (χ3n) is 6.04. The van der Waals surface area contributed by atoms with E-state index >= 15 is 0 Å². The second kappa shape index (κ2) is 7.70. The molecular weight excluding hydrogens is 396 g/mol. The molecule has 2 aliphatic rings. The Kier molecular flexibility index (Phi) is 4.86. The summed E-state index contributed by atoms with van der Waals surface area (Å²) in [6.07, 6.45) is 4.62. The average Bonchev–Trinajstić information content (AvgIpc) is 3.53. The minimum atomic E-state index is -1.13. The molecule has 2 amide bonds. The van der Waals surface area contributed by atoms with Gasteiger partial charge in [-0.3, -0.25) is 14.6 Å². The Morgan fingerprint density at radius 1 is 1.23 bits per heavy atom. The molecule has 0 bridgehead atoms. The Morgan fingerprint density at radius 3 is 2.81 bits per heavy atom. The first-order valence-electron chi connectivity index (χ1n) is 10.4. The van der Waals surface area contributed by atoms with Gasteiger partial charge in [-0.1, -0.05) is 6.07 Å². The lowest BCUT2D eigenvalue weighted by atomic mass is 9.94. The van der Waals surface area contributed by atoms with Crippen molar-refractivity contribution in [3.63, 3.8) is 0 Å². The number of pyridine rings is 1. The number of nitrogens with one attached hydrogen (secondary N) is 1. The molecule has 1 N–H and O–H groups in total. The second-order valence-electron chi connectivity index (χ2n) is 8.13. The standard InChI is InChI=1S/C23H24N4O4/c1-23(22(29)25-20-8-5-13-31-20)15-26-17(19-7-4-12-30-19)9-10-18(26)21(28)27(23)14-16-6-2-3-11-24-16/h2-4,6-7,9-12,20H,5,8,13-15H2,1H3,(H,25,29). The van der Waals surface area contributed by atoms with Gasteiger partial charge >= 0.3 is 0 Å². The van der Waals surface area contributed by atoms with Crippen LogP contribution in [-0.2, 0) is 22.6 Å². The fourth-order valence-corrected chi connectivity index (χ4v) is 4.31. The van der Waals surface area contributed by atoms with Gasteiger partial charge in [0.25, 0.3) is 5.91 Å². The van der Waals surface area contributed by atoms with Crippen LogP contribution in [0.2, 0.25) is 0 Å². The van der Waals surface area contributed by atoms with Crippen molar-refractivity contribution in [3.05, 3.63) is 66.3 Å². The van der Waals surface area contributed by atoms with Crippen LogP contribution in [0.25, 0.3) is 11.5 Å². The molecule has 0 spiro atoms. The number of nitrogens with zero attached hydrogens (tertiary/aromatic N) is 3. The molecule has 0 radical (unpaired) electrons. The van der Waals surface area contributed by atoms with E-state index < -0.39 is 5.54 Å². The fraction of sp³-hybridized carbons (Fsp3) is 0.348. The molecule has 0 aromatic carbocycles. The average molecular weight is 420 g/mol. The van der Waals surface area contributed by atoms with E-state index in [9.17, 15) is 9.59 Å². The molecule has 3 aromatic heterocycles. The Hall–Kier alpha value is -3.39. The molecule has 160 valence electrons. The summed E-state index contributed by atoms with van der Waals surface area (Å²) in [4.78, 5) is 33.1. The van der Waals surface area contributed by atoms with Crippen molar-refractivity contribution in [1.29, 1.82) is 0 Å². The lowest BCUT2D eigenvalue weighted by molar-refractivity contribution is -0.136. The molecule has 2 aliphatic heterocycles. The lowest BCUT2D eigenvalue weighted by Gasteiger charge is -2.44. The highest BCUT2D eigenvalue weighted by atomic mass is 16.5. The van der Waals surface area contributed by atoms with E-state index in [1.54, 1.807) is 36.4 Å². The molecule has 1 saturated heterocycles. The first-order chi connectivity index (χ1) is 15.1. The summed E-state index contributed by atoms with van der Waals surface area (Å²) in [5, 5.41) is 2.99. The van der Waals surface area contributed by atoms with Crippen LogP contribution in [0.4, 0.5) is 0 Å². The van der Waals surface area contributed by atoms with Crippen LogP contribution in [0, 0.1) is 0 Å². The van der Waals surface area contributed by atoms with Crippen molar-refractivity contribution in [2.75, 3.05) is 6.61 Å². The van der Waals surface area contributed by atoms with Gasteiger partial charge in [0.1, 0.15) is 23.2 Å². The Bertz CT molecular complexity index is 1090. The number of fused-ring (bicyclic) bond motifs is 1. The van der Waals surface area contributed by atoms with Crippen LogP contribution >= 0.6 is 0 Å². The van der Waals surface area contributed by atoms with Crippen LogP contribution in [0.1, 0.15) is 35.9 Å². The Morgan fingerprint density at radius 2 is 2.10 bits per heavy atom. The summed E-state index contributed by atoms with van der Waals surface area (Å²) in [5.41, 5.74) is 0.874. The molecule has 8 heteroatoms. The third kappa shape index (κ3) is 3.42. The number of carbonyl (C=O) groups excluding carboxylic acids is 2. The van der Waals surface area contributed by atoms with Crippen molar-refractivity contribution in [2.45, 2.75) is 44.6 Å². The molecule has 0 saturated carbocycles. The van der Waals surface area contributed by atoms with Crippen molar-refractivity contribution >= 4 is 11.8 Å². The van der Waals surface area contributed by atoms with Gasteiger partial charge in [0.2, 0.25) is 5.91 Å². The molecule has 1 fully saturated rings. The number of aromatic nitrogens is 2. The van der Waals surface area contributed by atoms with Crippen molar-refractivity contribution < 1.29 is 18.7 Å². The first-order valence-corrected chi connectivity index (χ1v) is 10.4. The quantitative estimate of drug-likeness (QED) is 0.686. The number of hydrogen-bond acceptors (Lipinski definition) is 5. The first kappa shape index (κ1) is 19.6. The van der Waals surface area contributed by atoms with E-state index in [0.29, 0.717) is 24.6 Å². The molecule has 5 rings (SSSR count). The van der Waals surface area contributed by atoms with Crippen LogP contribution in [0.3, 0.4) is 0 Å². The summed E-state index contributed by atoms with van der Waals surface area (Å²) < 4.78 is 13.0. The molecular formula is C23H24N4O4. The van der Waals surface area contributed by atoms with Crippen LogP contribution in [0.5, 0.6) is 0 Å². The van der Waals surface area contributed by atoms with Crippen molar-refractivity contribution in [2.24, 2.45) is 0 Å². The molecule has 31 heavy (non-hydrogen) atoms. The zero-order chi connectivity index (χ0) is 21.4. The molecule has 0 aliphatic carbocycles. The maximum absolute atomic E-state index is 13.6. The van der Waals surface area contributed by atoms with E-state index in [4.69, 9.17) is 9.15 Å². The topological polar surface area (TPSA) is 89.6 Å². The van der Waals surface area contributed by atoms with E-state index in [0.717, 1.165) is 24.2 Å². The number of ether oxygens (including phenoxy) is 1. The third-order valence-corrected chi connectivity index (χ3v) is 6.04. The van der Waals surface area contributed by atoms with Gasteiger partial charge in [-0.2, -0.15) is 0 Å². The molecule has 8 nitrogen and oxygen atoms in total. The van der Waals surface area contributed by atoms with Crippen LogP contribution in [-0.4, -0.2) is 44.6 Å². The normalized spacial score (nSPS) is 23.1. The largest absolute Gasteiger partial charge is 0.463 e. The zero-order valence-electron chi connectivity index (χ0n) is 17.3. The summed E-state index contributed by atoms with van der Waals surface area (Å²) >= 11 is 0. The van der Waals surface area contributed by atoms with E-state index in [-0.39, 0.29) is 24.6 Å². The predicted octanol–water partition coefficient (Wildman–Crippen LogP) is 2.81. The second-order valence-corrected chi connectivity index (χ2v) is 8.13. The van der Waals surface area contributed by atoms with Gasteiger partial charge < -0.3 is 23.9 Å². The number of furan rings is 1. The summed E-state index contributed by atoms with van der Waals surface area (Å²) in [5.74, 6) is 0.187. The Balaban J connectivity index is 1.54. The van der Waals surface area contributed by atoms with Crippen LogP contribution in [0.15, 0.2) is 59.3 Å². The fourth-order valence-electron chi connectivity index (χ4n) is 4.31. The van der Waals surface area contributed by atoms with Crippen LogP contribution < -0.4 is 5.32 Å². The minimum absolute atomic E-state index is 0.223. The summed E-state index contributed by atoms with van der Waals surface area (Å²) in [6.45, 7) is 2.95. The number of carbonyl (C=O) groups is 2. The van der Waals surface area contributed by atoms with Crippen molar-refractivity contribution in [1.82, 2.24) is 19.8 Å². The van der Waals surface area contributed by atoms with E-state index in [2.05, 4.69) is 10.3 Å². The van der Waals surface area contributed by atoms with E-state index in [1.807, 2.05) is 34.9 Å².